The van der Waals surface area contributed by atoms with Gasteiger partial charge in [0.2, 0.25) is 5.69 Å². The predicted molar refractivity (Wildman–Crippen MR) is 83.4 cm³/mol. The maximum atomic E-state index is 11.4. The monoisotopic (exact) mass is 328 g/mol. The smallest absolute Gasteiger partial charge is 0.341 e. The van der Waals surface area contributed by atoms with Gasteiger partial charge in [0.15, 0.2) is 0 Å². The number of carbonyl (C=O) groups excluding carboxylic acids is 1. The summed E-state index contributed by atoms with van der Waals surface area (Å²) in [5, 5.41) is 0.782. The molecule has 1 unspecified atom stereocenters. The van der Waals surface area contributed by atoms with Crippen molar-refractivity contribution in [1.29, 1.82) is 0 Å². The molecule has 0 spiro atoms. The Hall–Kier alpha value is 0.170. The number of hydrogen-bond donors (Lipinski definition) is 3. The van der Waals surface area contributed by atoms with Crippen LogP contribution in [0, 0.1) is 5.41 Å². The summed E-state index contributed by atoms with van der Waals surface area (Å²) in [5.41, 5.74) is -3.06. The lowest BCUT2D eigenvalue weighted by molar-refractivity contribution is 0.0373. The highest BCUT2D eigenvalue weighted by atomic mass is 32.9. The first-order valence-electron chi connectivity index (χ1n) is 5.08. The maximum Gasteiger partial charge on any atom is 0.341 e. The van der Waals surface area contributed by atoms with E-state index in [0.29, 0.717) is 14.8 Å². The second kappa shape index (κ2) is 7.68. The van der Waals surface area contributed by atoms with Gasteiger partial charge in [0.25, 0.3) is 0 Å². The molecule has 0 amide bonds. The van der Waals surface area contributed by atoms with E-state index in [-0.39, 0.29) is 11.4 Å². The maximum absolute atomic E-state index is 11.4. The third kappa shape index (κ3) is 12.6. The summed E-state index contributed by atoms with van der Waals surface area (Å²) in [7, 11) is 0.479. The fourth-order valence-corrected chi connectivity index (χ4v) is 1.57. The molecule has 0 aromatic carbocycles. The minimum absolute atomic E-state index is 0.0470. The first kappa shape index (κ1) is 18.2. The molecule has 8 heteroatoms. The Morgan fingerprint density at radius 3 is 2.39 bits per heavy atom. The summed E-state index contributed by atoms with van der Waals surface area (Å²) < 4.78 is 5.15. The van der Waals surface area contributed by atoms with Crippen LogP contribution in [0.2, 0.25) is 0 Å². The SMILES string of the molecule is CC(C)(C)COC(=O)c1ccc[pH]1.OP(O)(=S)S. The molecule has 1 aromatic rings. The van der Waals surface area contributed by atoms with E-state index < -0.39 is 5.69 Å². The largest absolute Gasteiger partial charge is 0.461 e. The topological polar surface area (TPSA) is 66.8 Å². The highest BCUT2D eigenvalue weighted by Crippen LogP contribution is 2.39. The molecule has 1 heterocycles. The Morgan fingerprint density at radius 1 is 1.56 bits per heavy atom. The van der Waals surface area contributed by atoms with Crippen LogP contribution in [0.25, 0.3) is 0 Å². The number of hydrogen-bond acceptors (Lipinski definition) is 3. The van der Waals surface area contributed by atoms with Crippen molar-refractivity contribution >= 4 is 43.9 Å². The van der Waals surface area contributed by atoms with Gasteiger partial charge >= 0.3 is 5.97 Å². The number of rotatable bonds is 2. The number of carbonyl (C=O) groups is 1. The first-order valence-corrected chi connectivity index (χ1v) is 10.0. The van der Waals surface area contributed by atoms with E-state index in [0.717, 1.165) is 5.30 Å². The van der Waals surface area contributed by atoms with Crippen molar-refractivity contribution in [1.82, 2.24) is 0 Å². The standard InChI is InChI=1S/C10H15O2P.H3O2PS2/c1-10(2,3)7-12-9(11)8-5-4-6-13-8;1-3(2,4)5/h4-6,13H,7H2,1-3H3;(H3,1,2,4,5). The van der Waals surface area contributed by atoms with Crippen LogP contribution in [0.3, 0.4) is 0 Å². The zero-order valence-electron chi connectivity index (χ0n) is 10.5. The average Bonchev–Trinajstić information content (AvgIpc) is 2.62. The highest BCUT2D eigenvalue weighted by Gasteiger charge is 2.14. The molecule has 0 radical (unpaired) electrons. The lowest BCUT2D eigenvalue weighted by atomic mass is 9.99. The first-order chi connectivity index (χ1) is 7.99. The van der Waals surface area contributed by atoms with Crippen LogP contribution in [0.15, 0.2) is 17.9 Å². The van der Waals surface area contributed by atoms with Gasteiger partial charge in [-0.15, -0.1) is 8.19 Å². The van der Waals surface area contributed by atoms with Gasteiger partial charge in [-0.05, 0) is 29.1 Å². The Kier molecular flexibility index (Phi) is 7.76. The van der Waals surface area contributed by atoms with Crippen molar-refractivity contribution in [3.05, 3.63) is 23.2 Å². The molecule has 0 fully saturated rings. The molecule has 0 bridgehead atoms. The minimum atomic E-state index is -3.11. The normalized spacial score (nSPS) is 11.9. The lowest BCUT2D eigenvalue weighted by Gasteiger charge is -2.17. The Morgan fingerprint density at radius 2 is 2.06 bits per heavy atom. The van der Waals surface area contributed by atoms with Crippen molar-refractivity contribution in [2.45, 2.75) is 20.8 Å². The third-order valence-corrected chi connectivity index (χ3v) is 2.50. The Balaban J connectivity index is 0.000000494. The molecule has 18 heavy (non-hydrogen) atoms. The molecule has 0 aliphatic rings. The van der Waals surface area contributed by atoms with Crippen LogP contribution < -0.4 is 0 Å². The lowest BCUT2D eigenvalue weighted by Crippen LogP contribution is -2.17. The van der Waals surface area contributed by atoms with E-state index in [9.17, 15) is 4.79 Å². The van der Waals surface area contributed by atoms with Gasteiger partial charge in [0, 0.05) is 0 Å². The van der Waals surface area contributed by atoms with Crippen molar-refractivity contribution in [2.75, 3.05) is 6.61 Å². The summed E-state index contributed by atoms with van der Waals surface area (Å²) in [6.45, 7) is 6.62. The van der Waals surface area contributed by atoms with E-state index >= 15 is 0 Å². The molecular formula is C10H18O4P2S2. The van der Waals surface area contributed by atoms with E-state index in [2.05, 4.69) is 24.1 Å². The molecular weight excluding hydrogens is 310 g/mol. The van der Waals surface area contributed by atoms with Crippen LogP contribution in [0.5, 0.6) is 0 Å². The van der Waals surface area contributed by atoms with Gasteiger partial charge in [0.1, 0.15) is 0 Å². The number of esters is 1. The van der Waals surface area contributed by atoms with Crippen molar-refractivity contribution in [3.8, 4) is 0 Å². The quantitative estimate of drug-likeness (QED) is 0.442. The van der Waals surface area contributed by atoms with E-state index in [1.165, 1.54) is 0 Å². The minimum Gasteiger partial charge on any atom is -0.461 e. The second-order valence-electron chi connectivity index (χ2n) is 4.73. The van der Waals surface area contributed by atoms with Crippen LogP contribution in [-0.4, -0.2) is 22.4 Å². The molecule has 1 rings (SSSR count). The van der Waals surface area contributed by atoms with Crippen LogP contribution >= 0.6 is 26.1 Å². The van der Waals surface area contributed by atoms with Gasteiger partial charge in [-0.1, -0.05) is 39.1 Å². The fraction of sp³-hybridized carbons (Fsp3) is 0.500. The number of thiol groups is 1. The van der Waals surface area contributed by atoms with Gasteiger partial charge in [-0.25, -0.2) is 4.79 Å². The molecule has 1 atom stereocenters. The Bertz CT molecular complexity index is 398. The summed E-state index contributed by atoms with van der Waals surface area (Å²) in [6.07, 6.45) is 0. The second-order valence-corrected chi connectivity index (χ2v) is 10.9. The number of ether oxygens (including phenoxy) is 1. The van der Waals surface area contributed by atoms with Crippen molar-refractivity contribution in [3.63, 3.8) is 0 Å². The third-order valence-electron chi connectivity index (χ3n) is 1.45. The zero-order chi connectivity index (χ0) is 14.4. The van der Waals surface area contributed by atoms with Crippen LogP contribution in [-0.2, 0) is 16.5 Å². The van der Waals surface area contributed by atoms with E-state index in [4.69, 9.17) is 14.5 Å². The molecule has 1 aromatic heterocycles. The fourth-order valence-electron chi connectivity index (χ4n) is 0.817. The molecule has 0 saturated carbocycles. The van der Waals surface area contributed by atoms with Crippen molar-refractivity contribution in [2.24, 2.45) is 5.41 Å². The molecule has 2 N–H and O–H groups in total. The zero-order valence-corrected chi connectivity index (χ0v) is 14.1. The summed E-state index contributed by atoms with van der Waals surface area (Å²) in [4.78, 5) is 27.1. The summed E-state index contributed by atoms with van der Waals surface area (Å²) >= 11 is 7.07. The summed E-state index contributed by atoms with van der Waals surface area (Å²) in [6, 6.07) is 3.72. The van der Waals surface area contributed by atoms with Crippen LogP contribution in [0.1, 0.15) is 30.9 Å². The van der Waals surface area contributed by atoms with Gasteiger partial charge in [-0.2, -0.15) is 0 Å². The Labute approximate surface area is 119 Å². The van der Waals surface area contributed by atoms with Gasteiger partial charge in [-0.3, -0.25) is 0 Å². The van der Waals surface area contributed by atoms with Gasteiger partial charge in [0.05, 0.1) is 11.9 Å². The summed E-state index contributed by atoms with van der Waals surface area (Å²) in [5.74, 6) is 1.81. The molecule has 0 aliphatic carbocycles. The molecule has 104 valence electrons. The predicted octanol–water partition coefficient (Wildman–Crippen LogP) is 3.05. The molecule has 0 aliphatic heterocycles. The van der Waals surface area contributed by atoms with Gasteiger partial charge < -0.3 is 14.5 Å². The van der Waals surface area contributed by atoms with Crippen LogP contribution in [0.4, 0.5) is 0 Å². The molecule has 0 saturated heterocycles. The highest BCUT2D eigenvalue weighted by molar-refractivity contribution is 8.59. The van der Waals surface area contributed by atoms with E-state index in [1.807, 2.05) is 38.7 Å². The van der Waals surface area contributed by atoms with E-state index in [1.54, 1.807) is 0 Å². The van der Waals surface area contributed by atoms with Crippen molar-refractivity contribution < 1.29 is 19.3 Å². The molecule has 4 nitrogen and oxygen atoms in total. The average molecular weight is 328 g/mol.